The molecule has 4 heteroatoms. The maximum absolute atomic E-state index is 9.15. The van der Waals surface area contributed by atoms with E-state index in [0.717, 1.165) is 44.0 Å². The third-order valence-corrected chi connectivity index (χ3v) is 3.78. The van der Waals surface area contributed by atoms with Crippen LogP contribution >= 0.6 is 0 Å². The summed E-state index contributed by atoms with van der Waals surface area (Å²) in [5.74, 6) is 2.15. The summed E-state index contributed by atoms with van der Waals surface area (Å²) in [5.41, 5.74) is 1.21. The van der Waals surface area contributed by atoms with Crippen molar-refractivity contribution in [3.05, 3.63) is 23.8 Å². The Morgan fingerprint density at radius 2 is 1.68 bits per heavy atom. The number of rotatable bonds is 5. The van der Waals surface area contributed by atoms with E-state index in [1.807, 2.05) is 6.07 Å². The first-order chi connectivity index (χ1) is 9.25. The molecule has 106 valence electrons. The SMILES string of the molecule is COc1cc(CN2CCC(CO)CC2)cc(OC)c1. The van der Waals surface area contributed by atoms with Crippen LogP contribution in [0.4, 0.5) is 0 Å². The second kappa shape index (κ2) is 6.78. The molecule has 1 aromatic rings. The highest BCUT2D eigenvalue weighted by molar-refractivity contribution is 5.38. The van der Waals surface area contributed by atoms with Crippen LogP contribution < -0.4 is 9.47 Å². The molecule has 19 heavy (non-hydrogen) atoms. The van der Waals surface area contributed by atoms with E-state index in [1.54, 1.807) is 14.2 Å². The Kier molecular flexibility index (Phi) is 5.05. The van der Waals surface area contributed by atoms with E-state index in [-0.39, 0.29) is 0 Å². The molecule has 0 atom stereocenters. The molecule has 2 rings (SSSR count). The van der Waals surface area contributed by atoms with Gasteiger partial charge in [0.15, 0.2) is 0 Å². The Balaban J connectivity index is 1.99. The number of likely N-dealkylation sites (tertiary alicyclic amines) is 1. The van der Waals surface area contributed by atoms with Gasteiger partial charge in [-0.15, -0.1) is 0 Å². The second-order valence-corrected chi connectivity index (χ2v) is 5.12. The number of hydrogen-bond donors (Lipinski definition) is 1. The average molecular weight is 265 g/mol. The van der Waals surface area contributed by atoms with Crippen LogP contribution in [0.1, 0.15) is 18.4 Å². The Bertz CT molecular complexity index is 378. The van der Waals surface area contributed by atoms with E-state index in [1.165, 1.54) is 5.56 Å². The molecule has 1 aliphatic rings. The molecule has 0 amide bonds. The molecule has 4 nitrogen and oxygen atoms in total. The quantitative estimate of drug-likeness (QED) is 0.883. The molecule has 1 aromatic carbocycles. The third-order valence-electron chi connectivity index (χ3n) is 3.78. The highest BCUT2D eigenvalue weighted by Crippen LogP contribution is 2.25. The van der Waals surface area contributed by atoms with Crippen molar-refractivity contribution in [3.63, 3.8) is 0 Å². The van der Waals surface area contributed by atoms with Gasteiger partial charge in [0.25, 0.3) is 0 Å². The van der Waals surface area contributed by atoms with Crippen molar-refractivity contribution in [1.29, 1.82) is 0 Å². The Labute approximate surface area is 114 Å². The lowest BCUT2D eigenvalue weighted by Crippen LogP contribution is -2.34. The summed E-state index contributed by atoms with van der Waals surface area (Å²) < 4.78 is 10.6. The smallest absolute Gasteiger partial charge is 0.122 e. The van der Waals surface area contributed by atoms with E-state index in [9.17, 15) is 0 Å². The molecular formula is C15H23NO3. The fraction of sp³-hybridized carbons (Fsp3) is 0.600. The summed E-state index contributed by atoms with van der Waals surface area (Å²) in [7, 11) is 3.34. The Morgan fingerprint density at radius 3 is 2.16 bits per heavy atom. The largest absolute Gasteiger partial charge is 0.497 e. The maximum Gasteiger partial charge on any atom is 0.122 e. The molecule has 0 aromatic heterocycles. The van der Waals surface area contributed by atoms with Gasteiger partial charge >= 0.3 is 0 Å². The van der Waals surface area contributed by atoms with Crippen molar-refractivity contribution in [2.75, 3.05) is 33.9 Å². The molecule has 1 heterocycles. The van der Waals surface area contributed by atoms with Crippen molar-refractivity contribution >= 4 is 0 Å². The number of hydrogen-bond acceptors (Lipinski definition) is 4. The third kappa shape index (κ3) is 3.85. The van der Waals surface area contributed by atoms with Crippen LogP contribution in [0.15, 0.2) is 18.2 Å². The van der Waals surface area contributed by atoms with Gasteiger partial charge in [-0.1, -0.05) is 0 Å². The Morgan fingerprint density at radius 1 is 1.11 bits per heavy atom. The van der Waals surface area contributed by atoms with Crippen molar-refractivity contribution in [3.8, 4) is 11.5 Å². The van der Waals surface area contributed by atoms with Crippen LogP contribution in [0, 0.1) is 5.92 Å². The summed E-state index contributed by atoms with van der Waals surface area (Å²) in [6.07, 6.45) is 2.16. The molecule has 1 N–H and O–H groups in total. The molecule has 1 fully saturated rings. The summed E-state index contributed by atoms with van der Waals surface area (Å²) in [4.78, 5) is 2.42. The van der Waals surface area contributed by atoms with Gasteiger partial charge in [0.1, 0.15) is 11.5 Å². The predicted octanol–water partition coefficient (Wildman–Crippen LogP) is 1.91. The fourth-order valence-corrected chi connectivity index (χ4v) is 2.54. The first-order valence-corrected chi connectivity index (χ1v) is 6.80. The molecule has 0 spiro atoms. The van der Waals surface area contributed by atoms with Crippen molar-refractivity contribution in [2.45, 2.75) is 19.4 Å². The molecule has 0 bridgehead atoms. The zero-order valence-corrected chi connectivity index (χ0v) is 11.8. The fourth-order valence-electron chi connectivity index (χ4n) is 2.54. The van der Waals surface area contributed by atoms with E-state index in [0.29, 0.717) is 12.5 Å². The lowest BCUT2D eigenvalue weighted by atomic mass is 9.97. The van der Waals surface area contributed by atoms with Crippen LogP contribution in [0.5, 0.6) is 11.5 Å². The normalized spacial score (nSPS) is 17.4. The number of aliphatic hydroxyl groups is 1. The van der Waals surface area contributed by atoms with Gasteiger partial charge in [0.2, 0.25) is 0 Å². The van der Waals surface area contributed by atoms with E-state index in [2.05, 4.69) is 17.0 Å². The second-order valence-electron chi connectivity index (χ2n) is 5.12. The predicted molar refractivity (Wildman–Crippen MR) is 74.6 cm³/mol. The van der Waals surface area contributed by atoms with Gasteiger partial charge in [0, 0.05) is 19.2 Å². The van der Waals surface area contributed by atoms with E-state index >= 15 is 0 Å². The van der Waals surface area contributed by atoms with Crippen molar-refractivity contribution in [2.24, 2.45) is 5.92 Å². The summed E-state index contributed by atoms with van der Waals surface area (Å²) >= 11 is 0. The monoisotopic (exact) mass is 265 g/mol. The van der Waals surface area contributed by atoms with Gasteiger partial charge in [-0.25, -0.2) is 0 Å². The van der Waals surface area contributed by atoms with Gasteiger partial charge in [-0.3, -0.25) is 4.90 Å². The number of nitrogens with zero attached hydrogens (tertiary/aromatic N) is 1. The van der Waals surface area contributed by atoms with Crippen molar-refractivity contribution in [1.82, 2.24) is 4.90 Å². The van der Waals surface area contributed by atoms with Crippen LogP contribution in [0.2, 0.25) is 0 Å². The number of benzene rings is 1. The highest BCUT2D eigenvalue weighted by atomic mass is 16.5. The minimum atomic E-state index is 0.320. The molecule has 0 unspecified atom stereocenters. The van der Waals surface area contributed by atoms with E-state index < -0.39 is 0 Å². The zero-order valence-electron chi connectivity index (χ0n) is 11.8. The first-order valence-electron chi connectivity index (χ1n) is 6.80. The number of piperidine rings is 1. The molecule has 1 saturated heterocycles. The van der Waals surface area contributed by atoms with Crippen LogP contribution in [-0.4, -0.2) is 43.9 Å². The maximum atomic E-state index is 9.15. The number of ether oxygens (including phenoxy) is 2. The van der Waals surface area contributed by atoms with Gasteiger partial charge in [-0.05, 0) is 49.5 Å². The number of aliphatic hydroxyl groups excluding tert-OH is 1. The minimum Gasteiger partial charge on any atom is -0.497 e. The van der Waals surface area contributed by atoms with Crippen LogP contribution in [0.25, 0.3) is 0 Å². The highest BCUT2D eigenvalue weighted by Gasteiger charge is 2.18. The standard InChI is InChI=1S/C15H23NO3/c1-18-14-7-13(8-15(9-14)19-2)10-16-5-3-12(11-17)4-6-16/h7-9,12,17H,3-6,10-11H2,1-2H3. The minimum absolute atomic E-state index is 0.320. The topological polar surface area (TPSA) is 41.9 Å². The molecule has 0 aliphatic carbocycles. The van der Waals surface area contributed by atoms with Gasteiger partial charge in [0.05, 0.1) is 14.2 Å². The Hall–Kier alpha value is -1.26. The zero-order chi connectivity index (χ0) is 13.7. The van der Waals surface area contributed by atoms with Crippen LogP contribution in [-0.2, 0) is 6.54 Å². The molecular weight excluding hydrogens is 242 g/mol. The van der Waals surface area contributed by atoms with Gasteiger partial charge < -0.3 is 14.6 Å². The molecule has 1 aliphatic heterocycles. The summed E-state index contributed by atoms with van der Waals surface area (Å²) in [6.45, 7) is 3.32. The lowest BCUT2D eigenvalue weighted by molar-refractivity contribution is 0.127. The number of methoxy groups -OCH3 is 2. The van der Waals surface area contributed by atoms with Crippen molar-refractivity contribution < 1.29 is 14.6 Å². The average Bonchev–Trinajstić information content (AvgIpc) is 2.47. The summed E-state index contributed by atoms with van der Waals surface area (Å²) in [6, 6.07) is 6.00. The lowest BCUT2D eigenvalue weighted by Gasteiger charge is -2.31. The van der Waals surface area contributed by atoms with Crippen LogP contribution in [0.3, 0.4) is 0 Å². The van der Waals surface area contributed by atoms with Gasteiger partial charge in [-0.2, -0.15) is 0 Å². The first kappa shape index (κ1) is 14.2. The molecule has 0 radical (unpaired) electrons. The van der Waals surface area contributed by atoms with E-state index in [4.69, 9.17) is 14.6 Å². The molecule has 0 saturated carbocycles. The summed E-state index contributed by atoms with van der Waals surface area (Å²) in [5, 5.41) is 9.15.